The van der Waals surface area contributed by atoms with E-state index in [9.17, 15) is 9.59 Å². The highest BCUT2D eigenvalue weighted by Crippen LogP contribution is 2.18. The van der Waals surface area contributed by atoms with Crippen LogP contribution in [0.3, 0.4) is 0 Å². The maximum atomic E-state index is 12.0. The van der Waals surface area contributed by atoms with Crippen molar-refractivity contribution in [1.29, 1.82) is 0 Å². The lowest BCUT2D eigenvalue weighted by atomic mass is 9.99. The van der Waals surface area contributed by atoms with Gasteiger partial charge in [-0.05, 0) is 37.1 Å². The first-order valence-electron chi connectivity index (χ1n) is 6.10. The van der Waals surface area contributed by atoms with Gasteiger partial charge in [0.1, 0.15) is 0 Å². The van der Waals surface area contributed by atoms with Crippen LogP contribution in [0, 0.1) is 5.92 Å². The molecule has 1 atom stereocenters. The highest BCUT2D eigenvalue weighted by Gasteiger charge is 2.28. The summed E-state index contributed by atoms with van der Waals surface area (Å²) in [5, 5.41) is 12.3. The van der Waals surface area contributed by atoms with E-state index in [0.29, 0.717) is 30.1 Å². The van der Waals surface area contributed by atoms with Gasteiger partial charge < -0.3 is 15.3 Å². The maximum Gasteiger partial charge on any atom is 0.321 e. The number of nitrogens with one attached hydrogen (secondary N) is 1. The number of hydrogen-bond acceptors (Lipinski definition) is 2. The summed E-state index contributed by atoms with van der Waals surface area (Å²) in [5.74, 6) is -1.31. The van der Waals surface area contributed by atoms with Crippen LogP contribution in [0.5, 0.6) is 0 Å². The van der Waals surface area contributed by atoms with Gasteiger partial charge in [-0.3, -0.25) is 4.79 Å². The molecule has 0 bridgehead atoms. The molecule has 1 saturated heterocycles. The van der Waals surface area contributed by atoms with Crippen LogP contribution in [0.4, 0.5) is 10.5 Å². The molecule has 19 heavy (non-hydrogen) atoms. The molecule has 2 rings (SSSR count). The third kappa shape index (κ3) is 3.61. The number of nitrogens with zero attached hydrogens (tertiary/aromatic N) is 1. The summed E-state index contributed by atoms with van der Waals surface area (Å²) >= 11 is 5.76. The summed E-state index contributed by atoms with van der Waals surface area (Å²) in [6.07, 6.45) is 1.34. The highest BCUT2D eigenvalue weighted by molar-refractivity contribution is 6.30. The van der Waals surface area contributed by atoms with Crippen molar-refractivity contribution in [3.05, 3.63) is 29.3 Å². The Morgan fingerprint density at radius 2 is 2.00 bits per heavy atom. The molecule has 1 aromatic rings. The minimum absolute atomic E-state index is 0.259. The Labute approximate surface area is 116 Å². The van der Waals surface area contributed by atoms with Gasteiger partial charge >= 0.3 is 12.0 Å². The maximum absolute atomic E-state index is 12.0. The molecule has 102 valence electrons. The predicted octanol–water partition coefficient (Wildman–Crippen LogP) is 2.67. The number of amides is 2. The summed E-state index contributed by atoms with van der Waals surface area (Å²) in [6, 6.07) is 6.52. The van der Waals surface area contributed by atoms with Crippen LogP contribution in [-0.4, -0.2) is 35.1 Å². The molecule has 1 aliphatic heterocycles. The molecule has 0 unspecified atom stereocenters. The standard InChI is InChI=1S/C13H15ClN2O3/c14-10-3-5-11(6-4-10)15-13(19)16-7-1-2-9(8-16)12(17)18/h3-6,9H,1-2,7-8H2,(H,15,19)(H,17,18)/t9-/m1/s1. The van der Waals surface area contributed by atoms with Crippen LogP contribution in [0.25, 0.3) is 0 Å². The van der Waals surface area contributed by atoms with Crippen molar-refractivity contribution in [1.82, 2.24) is 4.90 Å². The Hall–Kier alpha value is -1.75. The zero-order chi connectivity index (χ0) is 13.8. The summed E-state index contributed by atoms with van der Waals surface area (Å²) < 4.78 is 0. The molecule has 1 fully saturated rings. The van der Waals surface area contributed by atoms with E-state index in [4.69, 9.17) is 16.7 Å². The number of halogens is 1. The Balaban J connectivity index is 1.96. The van der Waals surface area contributed by atoms with Crippen molar-refractivity contribution in [2.24, 2.45) is 5.92 Å². The van der Waals surface area contributed by atoms with E-state index in [1.807, 2.05) is 0 Å². The van der Waals surface area contributed by atoms with Gasteiger partial charge in [-0.15, -0.1) is 0 Å². The van der Waals surface area contributed by atoms with Crippen LogP contribution in [0.2, 0.25) is 5.02 Å². The average molecular weight is 283 g/mol. The van der Waals surface area contributed by atoms with E-state index in [1.54, 1.807) is 24.3 Å². The molecule has 0 aromatic heterocycles. The van der Waals surface area contributed by atoms with E-state index in [2.05, 4.69) is 5.32 Å². The van der Waals surface area contributed by atoms with Crippen molar-refractivity contribution >= 4 is 29.3 Å². The van der Waals surface area contributed by atoms with Gasteiger partial charge in [0.25, 0.3) is 0 Å². The molecule has 2 N–H and O–H groups in total. The predicted molar refractivity (Wildman–Crippen MR) is 72.4 cm³/mol. The molecule has 6 heteroatoms. The lowest BCUT2D eigenvalue weighted by molar-refractivity contribution is -0.143. The number of carboxylic acid groups (broad SMARTS) is 1. The van der Waals surface area contributed by atoms with Gasteiger partial charge in [0.15, 0.2) is 0 Å². The van der Waals surface area contributed by atoms with Crippen molar-refractivity contribution in [3.8, 4) is 0 Å². The number of benzene rings is 1. The van der Waals surface area contributed by atoms with Crippen LogP contribution in [0.1, 0.15) is 12.8 Å². The topological polar surface area (TPSA) is 69.6 Å². The first-order valence-corrected chi connectivity index (χ1v) is 6.48. The molecule has 0 spiro atoms. The summed E-state index contributed by atoms with van der Waals surface area (Å²) in [5.41, 5.74) is 0.645. The number of carbonyl (C=O) groups is 2. The molecule has 0 aliphatic carbocycles. The molecule has 0 radical (unpaired) electrons. The average Bonchev–Trinajstić information content (AvgIpc) is 2.41. The van der Waals surface area contributed by atoms with Crippen molar-refractivity contribution in [3.63, 3.8) is 0 Å². The van der Waals surface area contributed by atoms with Crippen LogP contribution in [-0.2, 0) is 4.79 Å². The Morgan fingerprint density at radius 3 is 2.63 bits per heavy atom. The van der Waals surface area contributed by atoms with E-state index < -0.39 is 11.9 Å². The Bertz CT molecular complexity index is 475. The van der Waals surface area contributed by atoms with Crippen molar-refractivity contribution in [2.75, 3.05) is 18.4 Å². The van der Waals surface area contributed by atoms with Gasteiger partial charge in [-0.25, -0.2) is 4.79 Å². The fourth-order valence-electron chi connectivity index (χ4n) is 2.10. The van der Waals surface area contributed by atoms with E-state index in [0.717, 1.165) is 0 Å². The van der Waals surface area contributed by atoms with Crippen LogP contribution in [0.15, 0.2) is 24.3 Å². The summed E-state index contributed by atoms with van der Waals surface area (Å²) in [7, 11) is 0. The minimum atomic E-state index is -0.844. The SMILES string of the molecule is O=C(O)[C@@H]1CCCN(C(=O)Nc2ccc(Cl)cc2)C1. The normalized spacial score (nSPS) is 19.0. The van der Waals surface area contributed by atoms with Gasteiger partial charge in [-0.1, -0.05) is 11.6 Å². The molecule has 0 saturated carbocycles. The monoisotopic (exact) mass is 282 g/mol. The summed E-state index contributed by atoms with van der Waals surface area (Å²) in [6.45, 7) is 0.845. The fourth-order valence-corrected chi connectivity index (χ4v) is 2.22. The number of urea groups is 1. The van der Waals surface area contributed by atoms with Crippen LogP contribution < -0.4 is 5.32 Å². The quantitative estimate of drug-likeness (QED) is 0.876. The highest BCUT2D eigenvalue weighted by atomic mass is 35.5. The smallest absolute Gasteiger partial charge is 0.321 e. The van der Waals surface area contributed by atoms with Crippen molar-refractivity contribution < 1.29 is 14.7 Å². The van der Waals surface area contributed by atoms with Gasteiger partial charge in [0, 0.05) is 23.8 Å². The minimum Gasteiger partial charge on any atom is -0.481 e. The van der Waals surface area contributed by atoms with Gasteiger partial charge in [0.2, 0.25) is 0 Å². The number of aliphatic carboxylic acids is 1. The Kier molecular flexibility index (Phi) is 4.27. The number of carboxylic acids is 1. The second kappa shape index (κ2) is 5.93. The molecule has 1 aromatic carbocycles. The lowest BCUT2D eigenvalue weighted by Crippen LogP contribution is -2.44. The van der Waals surface area contributed by atoms with E-state index in [1.165, 1.54) is 4.90 Å². The zero-order valence-corrected chi connectivity index (χ0v) is 11.1. The third-order valence-corrected chi connectivity index (χ3v) is 3.41. The second-order valence-electron chi connectivity index (χ2n) is 4.56. The molecule has 2 amide bonds. The molecular formula is C13H15ClN2O3. The second-order valence-corrected chi connectivity index (χ2v) is 5.00. The number of likely N-dealkylation sites (tertiary alicyclic amines) is 1. The number of anilines is 1. The zero-order valence-electron chi connectivity index (χ0n) is 10.3. The van der Waals surface area contributed by atoms with Gasteiger partial charge in [0.05, 0.1) is 5.92 Å². The number of rotatable bonds is 2. The molecule has 5 nitrogen and oxygen atoms in total. The summed E-state index contributed by atoms with van der Waals surface area (Å²) in [4.78, 5) is 24.5. The van der Waals surface area contributed by atoms with E-state index >= 15 is 0 Å². The van der Waals surface area contributed by atoms with Crippen molar-refractivity contribution in [2.45, 2.75) is 12.8 Å². The number of piperidine rings is 1. The first kappa shape index (κ1) is 13.7. The number of carbonyl (C=O) groups excluding carboxylic acids is 1. The van der Waals surface area contributed by atoms with Crippen LogP contribution >= 0.6 is 11.6 Å². The molecule has 1 aliphatic rings. The fraction of sp³-hybridized carbons (Fsp3) is 0.385. The Morgan fingerprint density at radius 1 is 1.32 bits per heavy atom. The number of hydrogen-bond donors (Lipinski definition) is 2. The largest absolute Gasteiger partial charge is 0.481 e. The molecule has 1 heterocycles. The van der Waals surface area contributed by atoms with Gasteiger partial charge in [-0.2, -0.15) is 0 Å². The lowest BCUT2D eigenvalue weighted by Gasteiger charge is -2.30. The molecular weight excluding hydrogens is 268 g/mol. The first-order chi connectivity index (χ1) is 9.06. The third-order valence-electron chi connectivity index (χ3n) is 3.15. The van der Waals surface area contributed by atoms with E-state index in [-0.39, 0.29) is 12.6 Å².